The molecule has 0 amide bonds. The van der Waals surface area contributed by atoms with Crippen molar-refractivity contribution in [3.8, 4) is 11.8 Å². The fourth-order valence-corrected chi connectivity index (χ4v) is 2.68. The molecule has 0 aliphatic carbocycles. The van der Waals surface area contributed by atoms with Crippen LogP contribution in [0.1, 0.15) is 24.2 Å². The van der Waals surface area contributed by atoms with Crippen molar-refractivity contribution in [2.45, 2.75) is 13.0 Å². The summed E-state index contributed by atoms with van der Waals surface area (Å²) < 4.78 is 15.1. The zero-order valence-electron chi connectivity index (χ0n) is 11.5. The summed E-state index contributed by atoms with van der Waals surface area (Å²) in [6.45, 7) is 1.84. The van der Waals surface area contributed by atoms with Crippen molar-refractivity contribution in [2.75, 3.05) is 0 Å². The van der Waals surface area contributed by atoms with Gasteiger partial charge in [0.05, 0.1) is 16.8 Å². The van der Waals surface area contributed by atoms with Crippen LogP contribution in [0.5, 0.6) is 0 Å². The van der Waals surface area contributed by atoms with Gasteiger partial charge in [0, 0.05) is 17.1 Å². The second kappa shape index (κ2) is 5.04. The Morgan fingerprint density at radius 3 is 2.43 bits per heavy atom. The van der Waals surface area contributed by atoms with Crippen LogP contribution in [0.2, 0.25) is 0 Å². The normalized spacial score (nSPS) is 12.3. The van der Waals surface area contributed by atoms with E-state index in [0.717, 1.165) is 22.3 Å². The zero-order valence-corrected chi connectivity index (χ0v) is 11.5. The van der Waals surface area contributed by atoms with Gasteiger partial charge in [0.2, 0.25) is 0 Å². The monoisotopic (exact) mass is 279 g/mol. The van der Waals surface area contributed by atoms with Crippen LogP contribution in [0.25, 0.3) is 16.6 Å². The van der Waals surface area contributed by atoms with Crippen molar-refractivity contribution >= 4 is 10.9 Å². The van der Waals surface area contributed by atoms with Crippen LogP contribution in [-0.4, -0.2) is 4.57 Å². The molecule has 0 saturated heterocycles. The molecular weight excluding hydrogens is 265 g/mol. The molecule has 104 valence electrons. The summed E-state index contributed by atoms with van der Waals surface area (Å²) in [4.78, 5) is 0. The van der Waals surface area contributed by atoms with Crippen molar-refractivity contribution in [1.29, 1.82) is 5.26 Å². The first kappa shape index (κ1) is 13.3. The number of nitrogens with two attached hydrogens (primary N) is 1. The molecule has 1 atom stereocenters. The van der Waals surface area contributed by atoms with Gasteiger partial charge in [-0.05, 0) is 37.3 Å². The molecule has 0 spiro atoms. The van der Waals surface area contributed by atoms with E-state index in [-0.39, 0.29) is 11.9 Å². The molecule has 0 aliphatic rings. The number of fused-ring (bicyclic) bond motifs is 1. The van der Waals surface area contributed by atoms with Crippen LogP contribution in [0.15, 0.2) is 48.5 Å². The van der Waals surface area contributed by atoms with E-state index >= 15 is 0 Å². The second-order valence-electron chi connectivity index (χ2n) is 4.99. The lowest BCUT2D eigenvalue weighted by Gasteiger charge is -2.13. The Balaban J connectivity index is 2.43. The Labute approximate surface area is 122 Å². The number of benzene rings is 2. The van der Waals surface area contributed by atoms with E-state index in [1.807, 2.05) is 35.8 Å². The van der Waals surface area contributed by atoms with E-state index in [4.69, 9.17) is 5.73 Å². The van der Waals surface area contributed by atoms with Gasteiger partial charge < -0.3 is 10.3 Å². The molecule has 0 radical (unpaired) electrons. The summed E-state index contributed by atoms with van der Waals surface area (Å²) in [6, 6.07) is 15.8. The Bertz CT molecular complexity index is 839. The predicted octanol–water partition coefficient (Wildman–Crippen LogP) is 3.66. The largest absolute Gasteiger partial charge is 0.323 e. The fraction of sp³-hybridized carbons (Fsp3) is 0.118. The number of aromatic nitrogens is 1. The van der Waals surface area contributed by atoms with Gasteiger partial charge in [-0.2, -0.15) is 5.26 Å². The number of nitriles is 1. The van der Waals surface area contributed by atoms with Gasteiger partial charge in [0.25, 0.3) is 0 Å². The smallest absolute Gasteiger partial charge is 0.123 e. The molecule has 4 heteroatoms. The van der Waals surface area contributed by atoms with Crippen molar-refractivity contribution in [3.63, 3.8) is 0 Å². The molecule has 1 aromatic heterocycles. The maximum absolute atomic E-state index is 13.2. The summed E-state index contributed by atoms with van der Waals surface area (Å²) >= 11 is 0. The second-order valence-corrected chi connectivity index (χ2v) is 4.99. The van der Waals surface area contributed by atoms with Crippen LogP contribution < -0.4 is 5.73 Å². The molecule has 2 N–H and O–H groups in total. The van der Waals surface area contributed by atoms with E-state index in [1.165, 1.54) is 12.1 Å². The molecule has 3 nitrogen and oxygen atoms in total. The molecule has 0 aliphatic heterocycles. The van der Waals surface area contributed by atoms with Gasteiger partial charge in [-0.3, -0.25) is 0 Å². The van der Waals surface area contributed by atoms with Crippen LogP contribution in [0.3, 0.4) is 0 Å². The van der Waals surface area contributed by atoms with Gasteiger partial charge in [-0.1, -0.05) is 18.2 Å². The quantitative estimate of drug-likeness (QED) is 0.778. The number of halogens is 1. The molecule has 3 aromatic rings. The van der Waals surface area contributed by atoms with Gasteiger partial charge in [-0.15, -0.1) is 0 Å². The summed E-state index contributed by atoms with van der Waals surface area (Å²) in [7, 11) is 0. The Hall–Kier alpha value is -2.64. The van der Waals surface area contributed by atoms with E-state index in [2.05, 4.69) is 6.07 Å². The number of hydrogen-bond acceptors (Lipinski definition) is 2. The molecule has 3 rings (SSSR count). The topological polar surface area (TPSA) is 54.7 Å². The van der Waals surface area contributed by atoms with Gasteiger partial charge >= 0.3 is 0 Å². The molecule has 21 heavy (non-hydrogen) atoms. The number of hydrogen-bond donors (Lipinski definition) is 1. The van der Waals surface area contributed by atoms with E-state index in [0.29, 0.717) is 5.56 Å². The lowest BCUT2D eigenvalue weighted by Crippen LogP contribution is -2.12. The van der Waals surface area contributed by atoms with Crippen LogP contribution in [0, 0.1) is 17.1 Å². The highest BCUT2D eigenvalue weighted by molar-refractivity contribution is 5.90. The maximum atomic E-state index is 13.2. The average Bonchev–Trinajstić information content (AvgIpc) is 2.82. The fourth-order valence-electron chi connectivity index (χ4n) is 2.68. The standard InChI is InChI=1S/C17H14FN3/c1-11(20)17-15(10-19)14-4-2-3-5-16(14)21(17)13-8-6-12(18)7-9-13/h2-9,11H,20H2,1H3. The lowest BCUT2D eigenvalue weighted by molar-refractivity contribution is 0.627. The highest BCUT2D eigenvalue weighted by Crippen LogP contribution is 2.32. The SMILES string of the molecule is CC(N)c1c(C#N)c2ccccc2n1-c1ccc(F)cc1. The third kappa shape index (κ3) is 2.08. The first-order valence-corrected chi connectivity index (χ1v) is 6.68. The van der Waals surface area contributed by atoms with E-state index < -0.39 is 0 Å². The Morgan fingerprint density at radius 2 is 1.81 bits per heavy atom. The van der Waals surface area contributed by atoms with Crippen molar-refractivity contribution in [2.24, 2.45) is 5.73 Å². The van der Waals surface area contributed by atoms with Crippen molar-refractivity contribution in [1.82, 2.24) is 4.57 Å². The van der Waals surface area contributed by atoms with Crippen molar-refractivity contribution < 1.29 is 4.39 Å². The molecule has 2 aromatic carbocycles. The summed E-state index contributed by atoms with van der Waals surface area (Å²) in [5, 5.41) is 10.3. The Kier molecular flexibility index (Phi) is 3.20. The first-order valence-electron chi connectivity index (χ1n) is 6.68. The van der Waals surface area contributed by atoms with Crippen LogP contribution in [-0.2, 0) is 0 Å². The average molecular weight is 279 g/mol. The summed E-state index contributed by atoms with van der Waals surface area (Å²) in [6.07, 6.45) is 0. The Morgan fingerprint density at radius 1 is 1.14 bits per heavy atom. The molecule has 1 unspecified atom stereocenters. The van der Waals surface area contributed by atoms with E-state index in [1.54, 1.807) is 12.1 Å². The minimum atomic E-state index is -0.308. The van der Waals surface area contributed by atoms with Gasteiger partial charge in [0.15, 0.2) is 0 Å². The predicted molar refractivity (Wildman–Crippen MR) is 80.6 cm³/mol. The maximum Gasteiger partial charge on any atom is 0.123 e. The van der Waals surface area contributed by atoms with Gasteiger partial charge in [-0.25, -0.2) is 4.39 Å². The summed E-state index contributed by atoms with van der Waals surface area (Å²) in [5.74, 6) is -0.293. The minimum absolute atomic E-state index is 0.293. The third-order valence-corrected chi connectivity index (χ3v) is 3.54. The third-order valence-electron chi connectivity index (χ3n) is 3.54. The minimum Gasteiger partial charge on any atom is -0.323 e. The number of para-hydroxylation sites is 1. The molecule has 0 fully saturated rings. The molecule has 0 saturated carbocycles. The van der Waals surface area contributed by atoms with Crippen LogP contribution >= 0.6 is 0 Å². The highest BCUT2D eigenvalue weighted by atomic mass is 19.1. The number of nitrogens with zero attached hydrogens (tertiary/aromatic N) is 2. The lowest BCUT2D eigenvalue weighted by atomic mass is 10.1. The molecule has 0 bridgehead atoms. The summed E-state index contributed by atoms with van der Waals surface area (Å²) in [5.41, 5.74) is 9.08. The first-order chi connectivity index (χ1) is 10.1. The highest BCUT2D eigenvalue weighted by Gasteiger charge is 2.20. The molecule has 1 heterocycles. The number of rotatable bonds is 2. The molecular formula is C17H14FN3. The zero-order chi connectivity index (χ0) is 15.0. The van der Waals surface area contributed by atoms with E-state index in [9.17, 15) is 9.65 Å². The van der Waals surface area contributed by atoms with Crippen molar-refractivity contribution in [3.05, 3.63) is 65.6 Å². The van der Waals surface area contributed by atoms with Gasteiger partial charge in [0.1, 0.15) is 11.9 Å². The van der Waals surface area contributed by atoms with Crippen LogP contribution in [0.4, 0.5) is 4.39 Å².